The molecular formula is C21H21ClN2O4. The molecule has 1 amide bonds. The largest absolute Gasteiger partial charge is 0.508 e. The van der Waals surface area contributed by atoms with Crippen LogP contribution in [0.25, 0.3) is 21.9 Å². The zero-order valence-corrected chi connectivity index (χ0v) is 16.3. The molecule has 3 N–H and O–H groups in total. The number of amides is 1. The van der Waals surface area contributed by atoms with E-state index in [2.05, 4.69) is 5.32 Å². The Morgan fingerprint density at radius 2 is 1.82 bits per heavy atom. The molecule has 0 radical (unpaired) electrons. The summed E-state index contributed by atoms with van der Waals surface area (Å²) in [5.41, 5.74) is 1.79. The number of rotatable bonds is 5. The van der Waals surface area contributed by atoms with Gasteiger partial charge in [-0.1, -0.05) is 37.6 Å². The number of carbonyl (C=O) groups is 1. The molecule has 7 heteroatoms. The van der Waals surface area contributed by atoms with Gasteiger partial charge in [0.15, 0.2) is 0 Å². The van der Waals surface area contributed by atoms with Gasteiger partial charge in [0, 0.05) is 33.6 Å². The Kier molecular flexibility index (Phi) is 5.61. The van der Waals surface area contributed by atoms with E-state index in [1.165, 1.54) is 12.1 Å². The molecule has 0 saturated heterocycles. The maximum absolute atomic E-state index is 13.2. The maximum atomic E-state index is 13.2. The Labute approximate surface area is 167 Å². The first-order valence-corrected chi connectivity index (χ1v) is 9.27. The molecule has 0 bridgehead atoms. The Balaban J connectivity index is 2.42. The van der Waals surface area contributed by atoms with Crippen molar-refractivity contribution < 1.29 is 15.0 Å². The van der Waals surface area contributed by atoms with E-state index < -0.39 is 6.09 Å². The molecule has 0 unspecified atom stereocenters. The minimum absolute atomic E-state index is 0.0286. The molecule has 0 aliphatic rings. The van der Waals surface area contributed by atoms with Crippen LogP contribution < -0.4 is 10.9 Å². The van der Waals surface area contributed by atoms with Gasteiger partial charge < -0.3 is 20.1 Å². The third-order valence-electron chi connectivity index (χ3n) is 4.45. The topological polar surface area (TPSA) is 91.6 Å². The zero-order valence-electron chi connectivity index (χ0n) is 15.6. The van der Waals surface area contributed by atoms with Crippen molar-refractivity contribution in [3.63, 3.8) is 0 Å². The van der Waals surface area contributed by atoms with Crippen molar-refractivity contribution in [2.24, 2.45) is 5.92 Å². The third-order valence-corrected chi connectivity index (χ3v) is 4.70. The standard InChI is InChI=1S/C21H21ClN2O4/c1-12(2)11-24-18(10-23-21(27)28)19(13-3-5-14(22)6-4-13)17-9-15(25)7-8-16(17)20(24)26/h3-9,12,23,25H,10-11H2,1-2H3,(H,27,28). The second kappa shape index (κ2) is 7.94. The van der Waals surface area contributed by atoms with Gasteiger partial charge in [0.1, 0.15) is 5.75 Å². The van der Waals surface area contributed by atoms with Crippen molar-refractivity contribution in [3.05, 3.63) is 63.5 Å². The molecule has 3 rings (SSSR count). The highest BCUT2D eigenvalue weighted by Gasteiger charge is 2.19. The van der Waals surface area contributed by atoms with Crippen LogP contribution in [0.5, 0.6) is 5.75 Å². The van der Waals surface area contributed by atoms with Gasteiger partial charge >= 0.3 is 6.09 Å². The summed E-state index contributed by atoms with van der Waals surface area (Å²) in [7, 11) is 0. The van der Waals surface area contributed by atoms with Gasteiger partial charge in [-0.15, -0.1) is 0 Å². The van der Waals surface area contributed by atoms with Gasteiger partial charge in [0.05, 0.1) is 6.54 Å². The van der Waals surface area contributed by atoms with Crippen molar-refractivity contribution in [1.29, 1.82) is 0 Å². The van der Waals surface area contributed by atoms with Crippen LogP contribution in [0.2, 0.25) is 5.02 Å². The lowest BCUT2D eigenvalue weighted by Gasteiger charge is -2.21. The number of nitrogens with one attached hydrogen (secondary N) is 1. The minimum atomic E-state index is -1.18. The van der Waals surface area contributed by atoms with Crippen LogP contribution in [0.15, 0.2) is 47.3 Å². The van der Waals surface area contributed by atoms with E-state index in [1.807, 2.05) is 26.0 Å². The Bertz CT molecular complexity index is 1090. The number of nitrogens with zero attached hydrogens (tertiary/aromatic N) is 1. The van der Waals surface area contributed by atoms with Crippen molar-refractivity contribution in [3.8, 4) is 16.9 Å². The fraction of sp³-hybridized carbons (Fsp3) is 0.238. The summed E-state index contributed by atoms with van der Waals surface area (Å²) in [6, 6.07) is 11.7. The van der Waals surface area contributed by atoms with Crippen LogP contribution in [0.3, 0.4) is 0 Å². The van der Waals surface area contributed by atoms with E-state index in [0.717, 1.165) is 5.56 Å². The molecule has 0 saturated carbocycles. The molecule has 0 aliphatic carbocycles. The number of pyridine rings is 1. The average Bonchev–Trinajstić information content (AvgIpc) is 2.63. The van der Waals surface area contributed by atoms with Gasteiger partial charge in [0.25, 0.3) is 5.56 Å². The average molecular weight is 401 g/mol. The molecule has 1 heterocycles. The summed E-state index contributed by atoms with van der Waals surface area (Å²) in [4.78, 5) is 24.3. The van der Waals surface area contributed by atoms with E-state index in [1.54, 1.807) is 22.8 Å². The molecule has 6 nitrogen and oxygen atoms in total. The number of hydrogen-bond donors (Lipinski definition) is 3. The quantitative estimate of drug-likeness (QED) is 0.590. The van der Waals surface area contributed by atoms with Crippen molar-refractivity contribution >= 4 is 28.5 Å². The summed E-state index contributed by atoms with van der Waals surface area (Å²) in [6.45, 7) is 4.38. The summed E-state index contributed by atoms with van der Waals surface area (Å²) in [6.07, 6.45) is -1.18. The smallest absolute Gasteiger partial charge is 0.404 e. The first-order chi connectivity index (χ1) is 13.3. The summed E-state index contributed by atoms with van der Waals surface area (Å²) >= 11 is 6.03. The van der Waals surface area contributed by atoms with Crippen LogP contribution in [0, 0.1) is 5.92 Å². The lowest BCUT2D eigenvalue weighted by Crippen LogP contribution is -2.31. The molecule has 0 spiro atoms. The van der Waals surface area contributed by atoms with E-state index >= 15 is 0 Å². The number of phenolic OH excluding ortho intramolecular Hbond substituents is 1. The second-order valence-corrected chi connectivity index (χ2v) is 7.46. The number of aromatic nitrogens is 1. The number of hydrogen-bond acceptors (Lipinski definition) is 3. The van der Waals surface area contributed by atoms with Gasteiger partial charge in [-0.05, 0) is 41.8 Å². The van der Waals surface area contributed by atoms with Gasteiger partial charge in [-0.3, -0.25) is 4.79 Å². The highest BCUT2D eigenvalue weighted by atomic mass is 35.5. The van der Waals surface area contributed by atoms with Crippen molar-refractivity contribution in [2.75, 3.05) is 0 Å². The molecular weight excluding hydrogens is 380 g/mol. The summed E-state index contributed by atoms with van der Waals surface area (Å²) in [5, 5.41) is 23.1. The zero-order chi connectivity index (χ0) is 20.4. The number of halogens is 1. The first-order valence-electron chi connectivity index (χ1n) is 8.89. The van der Waals surface area contributed by atoms with Crippen LogP contribution in [-0.4, -0.2) is 20.9 Å². The van der Waals surface area contributed by atoms with Crippen LogP contribution in [0.4, 0.5) is 4.79 Å². The van der Waals surface area contributed by atoms with Crippen LogP contribution in [-0.2, 0) is 13.1 Å². The second-order valence-electron chi connectivity index (χ2n) is 7.03. The Morgan fingerprint density at radius 3 is 2.43 bits per heavy atom. The van der Waals surface area contributed by atoms with Crippen LogP contribution in [0.1, 0.15) is 19.5 Å². The van der Waals surface area contributed by atoms with E-state index in [-0.39, 0.29) is 23.8 Å². The fourth-order valence-electron chi connectivity index (χ4n) is 3.32. The van der Waals surface area contributed by atoms with Crippen molar-refractivity contribution in [2.45, 2.75) is 26.9 Å². The molecule has 0 fully saturated rings. The molecule has 146 valence electrons. The van der Waals surface area contributed by atoms with E-state index in [0.29, 0.717) is 33.6 Å². The fourth-order valence-corrected chi connectivity index (χ4v) is 3.45. The Hall–Kier alpha value is -2.99. The van der Waals surface area contributed by atoms with Gasteiger partial charge in [-0.25, -0.2) is 4.79 Å². The predicted octanol–water partition coefficient (Wildman–Crippen LogP) is 4.45. The maximum Gasteiger partial charge on any atom is 0.404 e. The highest BCUT2D eigenvalue weighted by molar-refractivity contribution is 6.30. The SMILES string of the molecule is CC(C)Cn1c(CNC(=O)O)c(-c2ccc(Cl)cc2)c2cc(O)ccc2c1=O. The molecule has 28 heavy (non-hydrogen) atoms. The van der Waals surface area contributed by atoms with Gasteiger partial charge in [0.2, 0.25) is 0 Å². The first kappa shape index (κ1) is 19.8. The van der Waals surface area contributed by atoms with E-state index in [9.17, 15) is 14.7 Å². The molecule has 0 aliphatic heterocycles. The number of carboxylic acid groups (broad SMARTS) is 1. The number of benzene rings is 2. The normalized spacial score (nSPS) is 11.1. The van der Waals surface area contributed by atoms with Crippen molar-refractivity contribution in [1.82, 2.24) is 9.88 Å². The molecule has 0 atom stereocenters. The highest BCUT2D eigenvalue weighted by Crippen LogP contribution is 2.33. The number of phenols is 1. The lowest BCUT2D eigenvalue weighted by atomic mass is 9.96. The molecule has 2 aromatic carbocycles. The van der Waals surface area contributed by atoms with Crippen LogP contribution >= 0.6 is 11.6 Å². The number of aromatic hydroxyl groups is 1. The number of fused-ring (bicyclic) bond motifs is 1. The monoisotopic (exact) mass is 400 g/mol. The van der Waals surface area contributed by atoms with Gasteiger partial charge in [-0.2, -0.15) is 0 Å². The lowest BCUT2D eigenvalue weighted by molar-refractivity contribution is 0.193. The third kappa shape index (κ3) is 3.97. The molecule has 1 aromatic heterocycles. The summed E-state index contributed by atoms with van der Waals surface area (Å²) < 4.78 is 1.62. The minimum Gasteiger partial charge on any atom is -0.508 e. The predicted molar refractivity (Wildman–Crippen MR) is 110 cm³/mol. The summed E-state index contributed by atoms with van der Waals surface area (Å²) in [5.74, 6) is 0.203. The van der Waals surface area contributed by atoms with E-state index in [4.69, 9.17) is 16.7 Å². The Morgan fingerprint density at radius 1 is 1.14 bits per heavy atom. The molecule has 3 aromatic rings.